The van der Waals surface area contributed by atoms with Crippen molar-refractivity contribution in [2.24, 2.45) is 0 Å². The normalized spacial score (nSPS) is 14.4. The van der Waals surface area contributed by atoms with Gasteiger partial charge in [0, 0.05) is 22.3 Å². The van der Waals surface area contributed by atoms with E-state index in [9.17, 15) is 13.2 Å². The van der Waals surface area contributed by atoms with Gasteiger partial charge in [0.1, 0.15) is 17.0 Å². The number of rotatable bonds is 1. The molecule has 5 nitrogen and oxygen atoms in total. The Morgan fingerprint density at radius 3 is 1.83 bits per heavy atom. The maximum atomic E-state index is 13.9. The predicted molar refractivity (Wildman–Crippen MR) is 176 cm³/mol. The van der Waals surface area contributed by atoms with E-state index >= 15 is 0 Å². The van der Waals surface area contributed by atoms with E-state index in [2.05, 4.69) is 95.5 Å². The number of anilines is 3. The van der Waals surface area contributed by atoms with E-state index in [0.717, 1.165) is 49.0 Å². The molecule has 6 aromatic carbocycles. The zero-order chi connectivity index (χ0) is 31.5. The number of hydrogen-bond donors (Lipinski definition) is 0. The molecular weight excluding hydrogens is 585 g/mol. The number of aromatic nitrogens is 3. The van der Waals surface area contributed by atoms with Crippen LogP contribution in [-0.4, -0.2) is 15.0 Å². The fraction of sp³-hybridized carbons (Fsp3) is 0.132. The Morgan fingerprint density at radius 1 is 0.587 bits per heavy atom. The van der Waals surface area contributed by atoms with Gasteiger partial charge < -0.3 is 4.42 Å². The molecule has 3 heterocycles. The zero-order valence-electron chi connectivity index (χ0n) is 25.1. The molecule has 0 aliphatic carbocycles. The molecule has 0 fully saturated rings. The second-order valence-corrected chi connectivity index (χ2v) is 12.4. The molecule has 8 heteroatoms. The van der Waals surface area contributed by atoms with Gasteiger partial charge in [-0.2, -0.15) is 23.1 Å². The second kappa shape index (κ2) is 9.03. The lowest BCUT2D eigenvalue weighted by Crippen LogP contribution is -2.32. The lowest BCUT2D eigenvalue weighted by molar-refractivity contribution is -0.145. The van der Waals surface area contributed by atoms with Crippen molar-refractivity contribution in [1.82, 2.24) is 15.0 Å². The van der Waals surface area contributed by atoms with E-state index in [1.165, 1.54) is 17.7 Å². The maximum absolute atomic E-state index is 13.9. The summed E-state index contributed by atoms with van der Waals surface area (Å²) >= 11 is 0. The van der Waals surface area contributed by atoms with E-state index in [-0.39, 0.29) is 11.8 Å². The highest BCUT2D eigenvalue weighted by Gasteiger charge is 2.41. The van der Waals surface area contributed by atoms with Crippen LogP contribution in [-0.2, 0) is 11.6 Å². The van der Waals surface area contributed by atoms with Crippen molar-refractivity contribution in [2.75, 3.05) is 4.90 Å². The Morgan fingerprint density at radius 2 is 1.15 bits per heavy atom. The summed E-state index contributed by atoms with van der Waals surface area (Å²) in [6.45, 7) is 5.71. The van der Waals surface area contributed by atoms with Gasteiger partial charge in [-0.25, -0.2) is 4.98 Å². The van der Waals surface area contributed by atoms with Crippen LogP contribution in [0.5, 0.6) is 0 Å². The second-order valence-electron chi connectivity index (χ2n) is 12.4. The molecule has 0 saturated carbocycles. The molecule has 2 aromatic heterocycles. The van der Waals surface area contributed by atoms with E-state index in [1.807, 2.05) is 30.3 Å². The molecule has 0 bridgehead atoms. The van der Waals surface area contributed by atoms with Crippen molar-refractivity contribution in [3.8, 4) is 0 Å². The smallest absolute Gasteiger partial charge is 0.451 e. The number of para-hydroxylation sites is 1. The molecule has 0 atom stereocenters. The van der Waals surface area contributed by atoms with E-state index < -0.39 is 17.4 Å². The molecule has 224 valence electrons. The molecule has 0 amide bonds. The lowest BCUT2D eigenvalue weighted by atomic mass is 9.73. The van der Waals surface area contributed by atoms with E-state index in [1.54, 1.807) is 4.90 Å². The summed E-state index contributed by atoms with van der Waals surface area (Å²) in [5.41, 5.74) is 4.12. The van der Waals surface area contributed by atoms with Gasteiger partial charge in [-0.1, -0.05) is 80.6 Å². The van der Waals surface area contributed by atoms with Crippen LogP contribution in [0.15, 0.2) is 101 Å². The van der Waals surface area contributed by atoms with Gasteiger partial charge in [0.15, 0.2) is 0 Å². The van der Waals surface area contributed by atoms with Gasteiger partial charge >= 0.3 is 6.18 Å². The first-order chi connectivity index (χ1) is 22.1. The first-order valence-electron chi connectivity index (χ1n) is 15.0. The molecule has 9 rings (SSSR count). The summed E-state index contributed by atoms with van der Waals surface area (Å²) in [6, 6.07) is 32.9. The van der Waals surface area contributed by atoms with Gasteiger partial charge in [-0.3, -0.25) is 4.90 Å². The van der Waals surface area contributed by atoms with Crippen LogP contribution in [0.25, 0.3) is 54.3 Å². The Bertz CT molecular complexity index is 2590. The average molecular weight is 611 g/mol. The minimum absolute atomic E-state index is 0.0165. The third-order valence-electron chi connectivity index (χ3n) is 9.37. The molecule has 0 radical (unpaired) electrons. The Labute approximate surface area is 260 Å². The molecule has 0 unspecified atom stereocenters. The zero-order valence-corrected chi connectivity index (χ0v) is 25.1. The lowest BCUT2D eigenvalue weighted by Gasteiger charge is -2.41. The number of fused-ring (bicyclic) bond motifs is 11. The first-order valence-corrected chi connectivity index (χ1v) is 15.0. The van der Waals surface area contributed by atoms with Gasteiger partial charge in [-0.05, 0) is 74.6 Å². The van der Waals surface area contributed by atoms with Crippen LogP contribution in [0.1, 0.15) is 36.6 Å². The fourth-order valence-electron chi connectivity index (χ4n) is 7.28. The Kier molecular flexibility index (Phi) is 5.28. The molecule has 0 N–H and O–H groups in total. The number of furan rings is 1. The standard InChI is InChI=1S/C38H25F3N4O/c1-20-42-35(38(39,40)41)44-36(43-20)45-31-15-9-8-14-29(31)37(2,3)30-17-28-27-16-25-23-12-6-4-10-21(23)22-11-5-7-13-24(22)26(25)18-33(27)46-34(28)19-32(30)45/h4-19H,1-3H3. The number of halogens is 3. The van der Waals surface area contributed by atoms with Gasteiger partial charge in [0.25, 0.3) is 0 Å². The number of nitrogens with zero attached hydrogens (tertiary/aromatic N) is 4. The summed E-state index contributed by atoms with van der Waals surface area (Å²) in [7, 11) is 0. The summed E-state index contributed by atoms with van der Waals surface area (Å²) in [5.74, 6) is -1.34. The monoisotopic (exact) mass is 610 g/mol. The largest absolute Gasteiger partial charge is 0.456 e. The average Bonchev–Trinajstić information content (AvgIpc) is 3.39. The van der Waals surface area contributed by atoms with E-state index in [0.29, 0.717) is 17.0 Å². The minimum Gasteiger partial charge on any atom is -0.456 e. The molecular formula is C38H25F3N4O. The van der Waals surface area contributed by atoms with Crippen molar-refractivity contribution >= 4 is 71.6 Å². The summed E-state index contributed by atoms with van der Waals surface area (Å²) in [4.78, 5) is 13.6. The van der Waals surface area contributed by atoms with Crippen molar-refractivity contribution < 1.29 is 17.6 Å². The third-order valence-corrected chi connectivity index (χ3v) is 9.37. The predicted octanol–water partition coefficient (Wildman–Crippen LogP) is 10.7. The number of aryl methyl sites for hydroxylation is 1. The van der Waals surface area contributed by atoms with Crippen molar-refractivity contribution in [2.45, 2.75) is 32.4 Å². The van der Waals surface area contributed by atoms with Gasteiger partial charge in [-0.15, -0.1) is 0 Å². The van der Waals surface area contributed by atoms with E-state index in [4.69, 9.17) is 4.42 Å². The number of alkyl halides is 3. The molecule has 8 aromatic rings. The van der Waals surface area contributed by atoms with Crippen LogP contribution in [0.2, 0.25) is 0 Å². The number of hydrogen-bond acceptors (Lipinski definition) is 5. The highest BCUT2D eigenvalue weighted by Crippen LogP contribution is 2.53. The van der Waals surface area contributed by atoms with Crippen LogP contribution in [0.4, 0.5) is 30.5 Å². The third kappa shape index (κ3) is 3.67. The molecule has 46 heavy (non-hydrogen) atoms. The highest BCUT2D eigenvalue weighted by molar-refractivity contribution is 6.28. The van der Waals surface area contributed by atoms with Crippen molar-refractivity contribution in [3.63, 3.8) is 0 Å². The molecule has 0 spiro atoms. The molecule has 1 aliphatic rings. The highest BCUT2D eigenvalue weighted by atomic mass is 19.4. The van der Waals surface area contributed by atoms with Gasteiger partial charge in [0.2, 0.25) is 11.8 Å². The topological polar surface area (TPSA) is 55.1 Å². The van der Waals surface area contributed by atoms with Crippen LogP contribution in [0, 0.1) is 6.92 Å². The van der Waals surface area contributed by atoms with Crippen LogP contribution in [0.3, 0.4) is 0 Å². The maximum Gasteiger partial charge on any atom is 0.451 e. The minimum atomic E-state index is -4.72. The summed E-state index contributed by atoms with van der Waals surface area (Å²) in [5, 5.41) is 8.81. The fourth-order valence-corrected chi connectivity index (χ4v) is 7.28. The first kappa shape index (κ1) is 26.9. The van der Waals surface area contributed by atoms with Crippen molar-refractivity contribution in [3.05, 3.63) is 120 Å². The van der Waals surface area contributed by atoms with Crippen molar-refractivity contribution in [1.29, 1.82) is 0 Å². The molecule has 1 aliphatic heterocycles. The van der Waals surface area contributed by atoms with Crippen LogP contribution < -0.4 is 4.90 Å². The Balaban J connectivity index is 1.37. The summed E-state index contributed by atoms with van der Waals surface area (Å²) < 4.78 is 48.2. The quantitative estimate of drug-likeness (QED) is 0.173. The van der Waals surface area contributed by atoms with Gasteiger partial charge in [0.05, 0.1) is 11.4 Å². The molecule has 0 saturated heterocycles. The SMILES string of the molecule is Cc1nc(N2c3ccccc3C(C)(C)c3cc4c(cc32)oc2cc3c5ccccc5c5ccccc5c3cc24)nc(C(F)(F)F)n1. The number of benzene rings is 6. The van der Waals surface area contributed by atoms with Crippen LogP contribution >= 0.6 is 0 Å². The summed E-state index contributed by atoms with van der Waals surface area (Å²) in [6.07, 6.45) is -4.72. The Hall–Kier alpha value is -5.50.